The molecule has 3 unspecified atom stereocenters. The molecule has 1 heterocycles. The van der Waals surface area contributed by atoms with Gasteiger partial charge in [0.25, 0.3) is 0 Å². The number of ether oxygens (including phenoxy) is 3. The number of benzene rings is 2. The molecule has 0 aliphatic carbocycles. The van der Waals surface area contributed by atoms with Gasteiger partial charge in [0.2, 0.25) is 5.90 Å². The molecule has 3 rings (SSSR count). The molecule has 0 amide bonds. The third-order valence-corrected chi connectivity index (χ3v) is 9.49. The van der Waals surface area contributed by atoms with Crippen LogP contribution >= 0.6 is 0 Å². The number of unbranched alkanes of at least 4 members (excludes halogenated alkanes) is 14. The Balaban J connectivity index is 1.44. The van der Waals surface area contributed by atoms with E-state index in [1.165, 1.54) is 83.5 Å². The van der Waals surface area contributed by atoms with E-state index in [0.29, 0.717) is 18.4 Å². The van der Waals surface area contributed by atoms with Gasteiger partial charge in [-0.3, -0.25) is 5.01 Å². The van der Waals surface area contributed by atoms with Crippen LogP contribution in [0, 0.1) is 11.8 Å². The molecule has 6 heteroatoms. The minimum Gasteiger partial charge on any atom is -0.494 e. The zero-order chi connectivity index (χ0) is 33.5. The van der Waals surface area contributed by atoms with Crippen LogP contribution < -0.4 is 9.75 Å². The Hall–Kier alpha value is -3.02. The number of carbonyl (C=O) groups excluding carboxylic acids is 1. The van der Waals surface area contributed by atoms with Gasteiger partial charge in [0.05, 0.1) is 30.9 Å². The van der Waals surface area contributed by atoms with E-state index in [-0.39, 0.29) is 12.0 Å². The van der Waals surface area contributed by atoms with Crippen molar-refractivity contribution >= 4 is 17.7 Å². The molecule has 1 aliphatic rings. The van der Waals surface area contributed by atoms with Gasteiger partial charge < -0.3 is 14.2 Å². The zero-order valence-electron chi connectivity index (χ0n) is 30.1. The summed E-state index contributed by atoms with van der Waals surface area (Å²) in [6, 6.07) is 18.2. The monoisotopic (exact) mass is 648 g/mol. The quantitative estimate of drug-likeness (QED) is 0.0837. The molecule has 2 aromatic rings. The average Bonchev–Trinajstić information content (AvgIpc) is 3.42. The van der Waals surface area contributed by atoms with Gasteiger partial charge >= 0.3 is 6.16 Å². The predicted molar refractivity (Wildman–Crippen MR) is 196 cm³/mol. The lowest BCUT2D eigenvalue weighted by Gasteiger charge is -2.26. The maximum absolute atomic E-state index is 12.7. The standard InChI is InChI=1S/C41H64N2O4/c1-5-8-10-11-12-13-14-15-16-17-18-19-20-24-31-45-38-30-25-27-36(32-38)39-34(4)40(42-43(39)37-28-22-21-23-29-37)47-41(44)46-33-35(7-3)26-9-6-2/h21-23,25,27-30,32,34-35,39H,5-20,24,26,31,33H2,1-4H3. The summed E-state index contributed by atoms with van der Waals surface area (Å²) in [5.41, 5.74) is 2.01. The molecule has 0 saturated carbocycles. The van der Waals surface area contributed by atoms with E-state index < -0.39 is 6.16 Å². The molecular weight excluding hydrogens is 584 g/mol. The second-order valence-corrected chi connectivity index (χ2v) is 13.4. The fraction of sp³-hybridized carbons (Fsp3) is 0.659. The smallest absolute Gasteiger partial charge is 0.494 e. The molecule has 6 nitrogen and oxygen atoms in total. The van der Waals surface area contributed by atoms with Crippen molar-refractivity contribution in [3.8, 4) is 5.75 Å². The molecule has 0 fully saturated rings. The van der Waals surface area contributed by atoms with Crippen molar-refractivity contribution in [2.75, 3.05) is 18.2 Å². The Morgan fingerprint density at radius 3 is 2.00 bits per heavy atom. The van der Waals surface area contributed by atoms with E-state index >= 15 is 0 Å². The summed E-state index contributed by atoms with van der Waals surface area (Å²) in [6.07, 6.45) is 22.5. The molecule has 262 valence electrons. The molecule has 3 atom stereocenters. The van der Waals surface area contributed by atoms with Gasteiger partial charge in [-0.25, -0.2) is 4.79 Å². The van der Waals surface area contributed by atoms with Crippen LogP contribution in [0.3, 0.4) is 0 Å². The van der Waals surface area contributed by atoms with Gasteiger partial charge in [0, 0.05) is 0 Å². The van der Waals surface area contributed by atoms with Crippen molar-refractivity contribution in [2.24, 2.45) is 16.9 Å². The summed E-state index contributed by atoms with van der Waals surface area (Å²) in [5, 5.41) is 6.75. The summed E-state index contributed by atoms with van der Waals surface area (Å²) >= 11 is 0. The van der Waals surface area contributed by atoms with E-state index in [0.717, 1.165) is 55.7 Å². The van der Waals surface area contributed by atoms with Crippen molar-refractivity contribution in [2.45, 2.75) is 149 Å². The van der Waals surface area contributed by atoms with E-state index in [4.69, 9.17) is 19.3 Å². The van der Waals surface area contributed by atoms with Crippen LogP contribution in [0.5, 0.6) is 5.75 Å². The highest BCUT2D eigenvalue weighted by Crippen LogP contribution is 2.40. The first-order valence-electron chi connectivity index (χ1n) is 19.1. The number of hydrogen-bond acceptors (Lipinski definition) is 6. The highest BCUT2D eigenvalue weighted by Gasteiger charge is 2.39. The molecule has 0 N–H and O–H groups in total. The molecule has 0 bridgehead atoms. The fourth-order valence-corrected chi connectivity index (χ4v) is 6.42. The van der Waals surface area contributed by atoms with Gasteiger partial charge in [-0.1, -0.05) is 161 Å². The Kier molecular flexibility index (Phi) is 19.1. The largest absolute Gasteiger partial charge is 0.515 e. The summed E-state index contributed by atoms with van der Waals surface area (Å²) in [4.78, 5) is 12.7. The van der Waals surface area contributed by atoms with Crippen molar-refractivity contribution in [1.29, 1.82) is 0 Å². The van der Waals surface area contributed by atoms with Crippen molar-refractivity contribution < 1.29 is 19.0 Å². The maximum atomic E-state index is 12.7. The van der Waals surface area contributed by atoms with E-state index in [1.807, 2.05) is 47.5 Å². The van der Waals surface area contributed by atoms with Crippen LogP contribution in [-0.4, -0.2) is 25.3 Å². The Bertz CT molecular complexity index is 1140. The lowest BCUT2D eigenvalue weighted by atomic mass is 9.94. The summed E-state index contributed by atoms with van der Waals surface area (Å²) in [7, 11) is 0. The Labute approximate surface area is 286 Å². The second kappa shape index (κ2) is 23.3. The molecule has 0 aromatic heterocycles. The number of hydrazone groups is 1. The van der Waals surface area contributed by atoms with Gasteiger partial charge in [-0.15, -0.1) is 5.10 Å². The first-order chi connectivity index (χ1) is 23.1. The molecule has 47 heavy (non-hydrogen) atoms. The SMILES string of the molecule is CCCCCCCCCCCCCCCCOc1cccc(C2C(C)C(OC(=O)OCC(CC)CCCC)=NN2c2ccccc2)c1. The minimum atomic E-state index is -0.676. The van der Waals surface area contributed by atoms with Gasteiger partial charge in [-0.05, 0) is 48.6 Å². The average molecular weight is 649 g/mol. The maximum Gasteiger partial charge on any atom is 0.515 e. The molecule has 0 saturated heterocycles. The first kappa shape index (κ1) is 38.4. The van der Waals surface area contributed by atoms with Gasteiger partial charge in [-0.2, -0.15) is 0 Å². The third-order valence-electron chi connectivity index (χ3n) is 9.49. The number of rotatable bonds is 24. The Morgan fingerprint density at radius 1 is 0.766 bits per heavy atom. The second-order valence-electron chi connectivity index (χ2n) is 13.4. The molecule has 2 aromatic carbocycles. The fourth-order valence-electron chi connectivity index (χ4n) is 6.42. The Morgan fingerprint density at radius 2 is 1.38 bits per heavy atom. The van der Waals surface area contributed by atoms with Gasteiger partial charge in [0.15, 0.2) is 0 Å². The summed E-state index contributed by atoms with van der Waals surface area (Å²) < 4.78 is 17.5. The van der Waals surface area contributed by atoms with E-state index in [1.54, 1.807) is 0 Å². The van der Waals surface area contributed by atoms with Crippen LogP contribution in [0.4, 0.5) is 10.5 Å². The minimum absolute atomic E-state index is 0.141. The number of para-hydroxylation sites is 1. The molecular formula is C41H64N2O4. The molecule has 0 spiro atoms. The van der Waals surface area contributed by atoms with Crippen LogP contribution in [0.25, 0.3) is 0 Å². The molecule has 1 aliphatic heterocycles. The van der Waals surface area contributed by atoms with E-state index in [2.05, 4.69) is 39.8 Å². The normalized spacial score (nSPS) is 16.6. The summed E-state index contributed by atoms with van der Waals surface area (Å²) in [6.45, 7) is 9.75. The topological polar surface area (TPSA) is 60.4 Å². The number of anilines is 1. The first-order valence-corrected chi connectivity index (χ1v) is 19.1. The lowest BCUT2D eigenvalue weighted by Crippen LogP contribution is -2.25. The number of hydrogen-bond donors (Lipinski definition) is 0. The lowest BCUT2D eigenvalue weighted by molar-refractivity contribution is 0.0761. The van der Waals surface area contributed by atoms with Crippen LogP contribution in [0.15, 0.2) is 59.7 Å². The van der Waals surface area contributed by atoms with Crippen molar-refractivity contribution in [3.05, 3.63) is 60.2 Å². The zero-order valence-corrected chi connectivity index (χ0v) is 30.1. The third kappa shape index (κ3) is 14.3. The van der Waals surface area contributed by atoms with Crippen LogP contribution in [-0.2, 0) is 9.47 Å². The highest BCUT2D eigenvalue weighted by atomic mass is 16.7. The highest BCUT2D eigenvalue weighted by molar-refractivity contribution is 5.91. The van der Waals surface area contributed by atoms with Gasteiger partial charge in [0.1, 0.15) is 5.75 Å². The van der Waals surface area contributed by atoms with Crippen molar-refractivity contribution in [1.82, 2.24) is 0 Å². The predicted octanol–water partition coefficient (Wildman–Crippen LogP) is 12.4. The number of carbonyl (C=O) groups is 1. The summed E-state index contributed by atoms with van der Waals surface area (Å²) in [5.74, 6) is 1.43. The van der Waals surface area contributed by atoms with Crippen LogP contribution in [0.1, 0.15) is 155 Å². The van der Waals surface area contributed by atoms with E-state index in [9.17, 15) is 4.79 Å². The molecule has 0 radical (unpaired) electrons. The van der Waals surface area contributed by atoms with Crippen molar-refractivity contribution in [3.63, 3.8) is 0 Å². The van der Waals surface area contributed by atoms with Crippen LogP contribution in [0.2, 0.25) is 0 Å². The number of nitrogens with zero attached hydrogens (tertiary/aromatic N) is 2.